The monoisotopic (exact) mass is 268 g/mol. The maximum absolute atomic E-state index is 6.22. The van der Waals surface area contributed by atoms with E-state index in [1.54, 1.807) is 0 Å². The van der Waals surface area contributed by atoms with Crippen LogP contribution in [0.3, 0.4) is 0 Å². The third-order valence-corrected chi connectivity index (χ3v) is 4.19. The molecule has 0 aromatic heterocycles. The molecular weight excluding hydrogens is 256 g/mol. The van der Waals surface area contributed by atoms with Crippen molar-refractivity contribution in [2.45, 2.75) is 18.1 Å². The highest BCUT2D eigenvalue weighted by Crippen LogP contribution is 2.51. The maximum Gasteiger partial charge on any atom is 0.117 e. The lowest BCUT2D eigenvalue weighted by Crippen LogP contribution is -2.23. The standard InChI is InChI=1S/C17H13ClO/c18-13-5-3-4-12(10-13)11-17-9-8-16(19-17)14-6-1-2-7-15(14)17/h1-10,16H,11H2. The van der Waals surface area contributed by atoms with Crippen molar-refractivity contribution in [1.29, 1.82) is 0 Å². The normalized spacial score (nSPS) is 26.7. The van der Waals surface area contributed by atoms with Gasteiger partial charge in [-0.1, -0.05) is 54.1 Å². The lowest BCUT2D eigenvalue weighted by atomic mass is 9.83. The third-order valence-electron chi connectivity index (χ3n) is 3.96. The predicted octanol–water partition coefficient (Wildman–Crippen LogP) is 4.42. The van der Waals surface area contributed by atoms with Crippen molar-refractivity contribution < 1.29 is 4.74 Å². The van der Waals surface area contributed by atoms with Crippen molar-refractivity contribution in [3.05, 3.63) is 82.4 Å². The zero-order chi connectivity index (χ0) is 12.9. The molecule has 2 aliphatic rings. The molecule has 0 fully saturated rings. The first-order valence-electron chi connectivity index (χ1n) is 6.48. The summed E-state index contributed by atoms with van der Waals surface area (Å²) >= 11 is 6.07. The molecule has 0 amide bonds. The fourth-order valence-electron chi connectivity index (χ4n) is 3.14. The van der Waals surface area contributed by atoms with Crippen molar-refractivity contribution in [3.63, 3.8) is 0 Å². The first-order chi connectivity index (χ1) is 9.27. The van der Waals surface area contributed by atoms with Crippen LogP contribution in [0.25, 0.3) is 0 Å². The van der Waals surface area contributed by atoms with Crippen LogP contribution in [0, 0.1) is 0 Å². The van der Waals surface area contributed by atoms with Crippen LogP contribution >= 0.6 is 11.6 Å². The van der Waals surface area contributed by atoms with Crippen molar-refractivity contribution in [2.75, 3.05) is 0 Å². The van der Waals surface area contributed by atoms with Crippen LogP contribution in [0.5, 0.6) is 0 Å². The molecule has 2 aliphatic heterocycles. The highest BCUT2D eigenvalue weighted by atomic mass is 35.5. The molecular formula is C17H13ClO. The summed E-state index contributed by atoms with van der Waals surface area (Å²) in [6, 6.07) is 16.5. The van der Waals surface area contributed by atoms with Gasteiger partial charge in [0.2, 0.25) is 0 Å². The minimum Gasteiger partial charge on any atom is -0.354 e. The van der Waals surface area contributed by atoms with Gasteiger partial charge in [0.15, 0.2) is 0 Å². The van der Waals surface area contributed by atoms with E-state index in [1.807, 2.05) is 18.2 Å². The Morgan fingerprint density at radius 3 is 2.89 bits per heavy atom. The molecule has 2 unspecified atom stereocenters. The Morgan fingerprint density at radius 1 is 1.11 bits per heavy atom. The Kier molecular flexibility index (Phi) is 2.35. The van der Waals surface area contributed by atoms with Crippen molar-refractivity contribution in [1.82, 2.24) is 0 Å². The summed E-state index contributed by atoms with van der Waals surface area (Å²) in [4.78, 5) is 0. The smallest absolute Gasteiger partial charge is 0.117 e. The molecule has 2 heterocycles. The number of hydrogen-bond donors (Lipinski definition) is 0. The topological polar surface area (TPSA) is 9.23 Å². The van der Waals surface area contributed by atoms with Gasteiger partial charge in [0.05, 0.1) is 0 Å². The average Bonchev–Trinajstić information content (AvgIpc) is 2.96. The van der Waals surface area contributed by atoms with Crippen LogP contribution in [0.1, 0.15) is 22.8 Å². The third kappa shape index (κ3) is 1.66. The number of fused-ring (bicyclic) bond motifs is 5. The Labute approximate surface area is 117 Å². The van der Waals surface area contributed by atoms with Crippen molar-refractivity contribution in [2.24, 2.45) is 0 Å². The van der Waals surface area contributed by atoms with Crippen LogP contribution in [0.15, 0.2) is 60.7 Å². The zero-order valence-corrected chi connectivity index (χ0v) is 11.1. The highest BCUT2D eigenvalue weighted by Gasteiger charge is 2.46. The highest BCUT2D eigenvalue weighted by molar-refractivity contribution is 6.30. The van der Waals surface area contributed by atoms with E-state index in [0.717, 1.165) is 11.4 Å². The Balaban J connectivity index is 1.77. The molecule has 0 N–H and O–H groups in total. The number of ether oxygens (including phenoxy) is 1. The second kappa shape index (κ2) is 3.96. The summed E-state index contributed by atoms with van der Waals surface area (Å²) in [5.41, 5.74) is 3.50. The fraction of sp³-hybridized carbons (Fsp3) is 0.176. The number of halogens is 1. The summed E-state index contributed by atoms with van der Waals surface area (Å²) in [5.74, 6) is 0. The summed E-state index contributed by atoms with van der Waals surface area (Å²) in [7, 11) is 0. The second-order valence-electron chi connectivity index (χ2n) is 5.18. The van der Waals surface area contributed by atoms with Crippen LogP contribution in [0.2, 0.25) is 5.02 Å². The Morgan fingerprint density at radius 2 is 2.00 bits per heavy atom. The van der Waals surface area contributed by atoms with Crippen LogP contribution in [-0.2, 0) is 16.8 Å². The van der Waals surface area contributed by atoms with E-state index in [9.17, 15) is 0 Å². The quantitative estimate of drug-likeness (QED) is 0.733. The molecule has 0 spiro atoms. The van der Waals surface area contributed by atoms with E-state index in [2.05, 4.69) is 42.5 Å². The van der Waals surface area contributed by atoms with E-state index in [4.69, 9.17) is 16.3 Å². The molecule has 2 aromatic carbocycles. The van der Waals surface area contributed by atoms with Gasteiger partial charge >= 0.3 is 0 Å². The fourth-order valence-corrected chi connectivity index (χ4v) is 3.36. The SMILES string of the molecule is Clc1cccc(CC23C=CC(O2)c2ccccc23)c1. The molecule has 0 saturated heterocycles. The lowest BCUT2D eigenvalue weighted by molar-refractivity contribution is -0.00229. The molecule has 94 valence electrons. The average molecular weight is 269 g/mol. The van der Waals surface area contributed by atoms with Gasteiger partial charge in [0.1, 0.15) is 11.7 Å². The van der Waals surface area contributed by atoms with Crippen LogP contribution < -0.4 is 0 Å². The lowest BCUT2D eigenvalue weighted by Gasteiger charge is -2.24. The van der Waals surface area contributed by atoms with Crippen LogP contribution in [-0.4, -0.2) is 0 Å². The van der Waals surface area contributed by atoms with Gasteiger partial charge in [-0.05, 0) is 34.9 Å². The van der Waals surface area contributed by atoms with Gasteiger partial charge in [0.25, 0.3) is 0 Å². The molecule has 4 rings (SSSR count). The summed E-state index contributed by atoms with van der Waals surface area (Å²) in [5, 5.41) is 0.777. The minimum absolute atomic E-state index is 0.121. The molecule has 2 aromatic rings. The molecule has 1 nitrogen and oxygen atoms in total. The summed E-state index contributed by atoms with van der Waals surface area (Å²) in [6.07, 6.45) is 5.31. The largest absolute Gasteiger partial charge is 0.354 e. The Bertz CT molecular complexity index is 676. The van der Waals surface area contributed by atoms with Crippen LogP contribution in [0.4, 0.5) is 0 Å². The molecule has 2 heteroatoms. The van der Waals surface area contributed by atoms with Crippen molar-refractivity contribution in [3.8, 4) is 0 Å². The van der Waals surface area contributed by atoms with Crippen molar-refractivity contribution >= 4 is 11.6 Å². The summed E-state index contributed by atoms with van der Waals surface area (Å²) < 4.78 is 6.22. The second-order valence-corrected chi connectivity index (χ2v) is 5.62. The van der Waals surface area contributed by atoms with E-state index < -0.39 is 0 Å². The van der Waals surface area contributed by atoms with E-state index in [-0.39, 0.29) is 11.7 Å². The first kappa shape index (κ1) is 11.3. The molecule has 0 radical (unpaired) electrons. The molecule has 19 heavy (non-hydrogen) atoms. The zero-order valence-electron chi connectivity index (χ0n) is 10.3. The predicted molar refractivity (Wildman–Crippen MR) is 76.2 cm³/mol. The minimum atomic E-state index is -0.300. The Hall–Kier alpha value is -1.57. The number of rotatable bonds is 2. The molecule has 2 atom stereocenters. The van der Waals surface area contributed by atoms with Gasteiger partial charge in [-0.15, -0.1) is 0 Å². The van der Waals surface area contributed by atoms with E-state index in [1.165, 1.54) is 16.7 Å². The number of benzene rings is 2. The molecule has 0 saturated carbocycles. The maximum atomic E-state index is 6.22. The van der Waals surface area contributed by atoms with E-state index in [0.29, 0.717) is 0 Å². The van der Waals surface area contributed by atoms with Gasteiger partial charge < -0.3 is 4.74 Å². The van der Waals surface area contributed by atoms with Gasteiger partial charge in [0, 0.05) is 11.4 Å². The number of hydrogen-bond acceptors (Lipinski definition) is 1. The van der Waals surface area contributed by atoms with Gasteiger partial charge in [-0.3, -0.25) is 0 Å². The van der Waals surface area contributed by atoms with Gasteiger partial charge in [-0.2, -0.15) is 0 Å². The van der Waals surface area contributed by atoms with Gasteiger partial charge in [-0.25, -0.2) is 0 Å². The summed E-state index contributed by atoms with van der Waals surface area (Å²) in [6.45, 7) is 0. The molecule has 2 bridgehead atoms. The molecule has 0 aliphatic carbocycles. The first-order valence-corrected chi connectivity index (χ1v) is 6.86. The van der Waals surface area contributed by atoms with E-state index >= 15 is 0 Å².